The van der Waals surface area contributed by atoms with Crippen molar-refractivity contribution in [3.8, 4) is 46.3 Å². The molecule has 7 aliphatic heterocycles. The van der Waals surface area contributed by atoms with Gasteiger partial charge in [0.15, 0.2) is 40.0 Å². The van der Waals surface area contributed by atoms with Crippen LogP contribution in [0.15, 0.2) is 18.2 Å². The molecule has 3 aromatic carbocycles. The van der Waals surface area contributed by atoms with Crippen LogP contribution in [0, 0.1) is 25.2 Å². The molecule has 0 radical (unpaired) electrons. The highest BCUT2D eigenvalue weighted by Crippen LogP contribution is 2.65. The number of esters is 4. The molecule has 7 heterocycles. The molecule has 10 rings (SSSR count). The molecule has 0 saturated carbocycles. The van der Waals surface area contributed by atoms with Gasteiger partial charge in [0, 0.05) is 66.4 Å². The van der Waals surface area contributed by atoms with Crippen molar-refractivity contribution in [2.24, 2.45) is 0 Å². The zero-order chi connectivity index (χ0) is 63.0. The number of carbonyl (C=O) groups excluding carboxylic acids is 4. The van der Waals surface area contributed by atoms with Crippen molar-refractivity contribution in [1.29, 1.82) is 5.26 Å². The molecule has 16 nitrogen and oxygen atoms in total. The maximum absolute atomic E-state index is 15.5. The third-order valence-corrected chi connectivity index (χ3v) is 21.3. The number of likely N-dealkylation sites (N-methyl/N-ethyl adjacent to an activating group) is 1. The lowest BCUT2D eigenvalue weighted by Gasteiger charge is -2.62. The van der Waals surface area contributed by atoms with E-state index in [2.05, 4.69) is 41.1 Å². The van der Waals surface area contributed by atoms with Gasteiger partial charge < -0.3 is 37.9 Å². The Hall–Kier alpha value is -5.54. The molecule has 1 spiro atoms. The topological polar surface area (TPSA) is 184 Å². The number of ether oxygens (including phenoxy) is 8. The molecule has 2 fully saturated rings. The summed E-state index contributed by atoms with van der Waals surface area (Å²) in [4.78, 5) is 61.3. The Bertz CT molecular complexity index is 2980. The zero-order valence-electron chi connectivity index (χ0n) is 54.9. The molecular weight excluding hydrogens is 1140 g/mol. The highest BCUT2D eigenvalue weighted by molar-refractivity contribution is 7.99. The fourth-order valence-electron chi connectivity index (χ4n) is 15.2. The number of methoxy groups -OCH3 is 2. The Morgan fingerprint density at radius 3 is 1.81 bits per heavy atom. The molecule has 4 bridgehead atoms. The largest absolute Gasteiger partial charge is 0.493 e. The monoisotopic (exact) mass is 1250 g/mol. The lowest BCUT2D eigenvalue weighted by molar-refractivity contribution is -0.157. The van der Waals surface area contributed by atoms with Crippen LogP contribution < -0.4 is 38.5 Å². The molecule has 0 amide bonds. The van der Waals surface area contributed by atoms with Gasteiger partial charge in [0.25, 0.3) is 0 Å². The number of unbranched alkanes of at least 4 members (excludes halogenated alkanes) is 24. The first-order valence-corrected chi connectivity index (χ1v) is 35.3. The smallest absolute Gasteiger partial charge is 0.331 e. The van der Waals surface area contributed by atoms with Gasteiger partial charge in [0.2, 0.25) is 6.79 Å². The van der Waals surface area contributed by atoms with Crippen LogP contribution in [-0.2, 0) is 42.3 Å². The van der Waals surface area contributed by atoms with Gasteiger partial charge in [-0.15, -0.1) is 11.8 Å². The Morgan fingerprint density at radius 1 is 0.674 bits per heavy atom. The maximum atomic E-state index is 15.5. The van der Waals surface area contributed by atoms with Crippen molar-refractivity contribution in [3.05, 3.63) is 62.7 Å². The first-order valence-electron chi connectivity index (χ1n) is 34.2. The average molecular weight is 1250 g/mol. The van der Waals surface area contributed by atoms with Crippen LogP contribution in [0.2, 0.25) is 0 Å². The Labute approximate surface area is 534 Å². The number of fused-ring (bicyclic) bond motifs is 9. The number of nitrogens with zero attached hydrogens (tertiary/aromatic N) is 3. The van der Waals surface area contributed by atoms with Gasteiger partial charge >= 0.3 is 23.9 Å². The molecule has 2 unspecified atom stereocenters. The number of benzene rings is 3. The SMILES string of the molecule is CCCCCCCCCCCCCCCC(=O)Oc1cc2c(cc1OC)[C@@]1(CS[C@@H]3c4c(OC(C)=O)c(C)c5c(c4[C@H](COC1=O)N1C3C3c4c(cc(C)c(OC)c4OC(=O)CCCCCCCCCCCCCCC)C[C@@H]([C@@H]1C#N)N3C)OCO5)NCC2. The summed E-state index contributed by atoms with van der Waals surface area (Å²) in [5, 5.41) is 14.6. The highest BCUT2D eigenvalue weighted by Gasteiger charge is 2.62. The number of nitrogens with one attached hydrogen (secondary N) is 1. The van der Waals surface area contributed by atoms with Gasteiger partial charge in [-0.3, -0.25) is 29.5 Å². The molecule has 0 aliphatic carbocycles. The quantitative estimate of drug-likeness (QED) is 0.0345. The highest BCUT2D eigenvalue weighted by atomic mass is 32.2. The van der Waals surface area contributed by atoms with Crippen LogP contribution in [-0.4, -0.2) is 98.8 Å². The lowest BCUT2D eigenvalue weighted by atomic mass is 9.71. The Balaban J connectivity index is 1.00. The molecule has 0 aromatic heterocycles. The van der Waals surface area contributed by atoms with E-state index in [4.69, 9.17) is 37.9 Å². The molecule has 89 heavy (non-hydrogen) atoms. The summed E-state index contributed by atoms with van der Waals surface area (Å²) >= 11 is 1.50. The summed E-state index contributed by atoms with van der Waals surface area (Å²) in [6.07, 6.45) is 32.8. The number of thioether (sulfide) groups is 1. The van der Waals surface area contributed by atoms with E-state index in [9.17, 15) is 19.6 Å². The number of nitriles is 1. The number of hydrogen-bond acceptors (Lipinski definition) is 17. The molecule has 3 aromatic rings. The van der Waals surface area contributed by atoms with Crippen molar-refractivity contribution in [3.63, 3.8) is 0 Å². The average Bonchev–Trinajstić information content (AvgIpc) is 1.71. The van der Waals surface area contributed by atoms with Crippen molar-refractivity contribution >= 4 is 35.6 Å². The van der Waals surface area contributed by atoms with Crippen molar-refractivity contribution in [2.75, 3.05) is 47.0 Å². The minimum atomic E-state index is -1.45. The minimum absolute atomic E-state index is 0.0848. The van der Waals surface area contributed by atoms with Crippen molar-refractivity contribution < 1.29 is 57.1 Å². The normalized spacial score (nSPS) is 22.3. The van der Waals surface area contributed by atoms with Crippen molar-refractivity contribution in [2.45, 2.75) is 268 Å². The van der Waals surface area contributed by atoms with Crippen LogP contribution in [0.4, 0.5) is 0 Å². The van der Waals surface area contributed by atoms with Gasteiger partial charge in [-0.05, 0) is 81.0 Å². The molecule has 7 aliphatic rings. The summed E-state index contributed by atoms with van der Waals surface area (Å²) in [5.74, 6) is 1.05. The van der Waals surface area contributed by atoms with Gasteiger partial charge in [-0.25, -0.2) is 4.79 Å². The van der Waals surface area contributed by atoms with Crippen LogP contribution in [0.3, 0.4) is 0 Å². The fourth-order valence-corrected chi connectivity index (χ4v) is 16.9. The van der Waals surface area contributed by atoms with E-state index in [1.54, 1.807) is 7.11 Å². The van der Waals surface area contributed by atoms with Crippen molar-refractivity contribution in [1.82, 2.24) is 15.1 Å². The second kappa shape index (κ2) is 32.6. The number of hydrogen-bond donors (Lipinski definition) is 1. The van der Waals surface area contributed by atoms with E-state index >= 15 is 4.79 Å². The first kappa shape index (κ1) is 67.8. The van der Waals surface area contributed by atoms with E-state index in [1.165, 1.54) is 148 Å². The van der Waals surface area contributed by atoms with Crippen LogP contribution in [0.25, 0.3) is 0 Å². The van der Waals surface area contributed by atoms with E-state index < -0.39 is 46.9 Å². The number of aryl methyl sites for hydroxylation is 1. The molecule has 2 saturated heterocycles. The van der Waals surface area contributed by atoms with E-state index in [0.717, 1.165) is 60.8 Å². The van der Waals surface area contributed by atoms with Gasteiger partial charge in [0.05, 0.1) is 37.6 Å². The molecule has 7 atom stereocenters. The predicted octanol–water partition coefficient (Wildman–Crippen LogP) is 15.3. The molecular formula is C72H102N4O12S. The van der Waals surface area contributed by atoms with Crippen LogP contribution in [0.5, 0.6) is 40.2 Å². The van der Waals surface area contributed by atoms with Gasteiger partial charge in [0.1, 0.15) is 18.4 Å². The number of piperazine rings is 1. The van der Waals surface area contributed by atoms with E-state index in [1.807, 2.05) is 33.0 Å². The second-order valence-corrected chi connectivity index (χ2v) is 27.1. The summed E-state index contributed by atoms with van der Waals surface area (Å²) in [5.41, 5.74) is 4.47. The third kappa shape index (κ3) is 15.4. The summed E-state index contributed by atoms with van der Waals surface area (Å²) in [7, 11) is 5.18. The summed E-state index contributed by atoms with van der Waals surface area (Å²) < 4.78 is 50.6. The van der Waals surface area contributed by atoms with Crippen LogP contribution >= 0.6 is 11.8 Å². The molecule has 1 N–H and O–H groups in total. The van der Waals surface area contributed by atoms with E-state index in [-0.39, 0.29) is 50.0 Å². The van der Waals surface area contributed by atoms with E-state index in [0.29, 0.717) is 88.3 Å². The summed E-state index contributed by atoms with van der Waals surface area (Å²) in [6.45, 7) is 9.82. The lowest BCUT2D eigenvalue weighted by Crippen LogP contribution is -2.69. The maximum Gasteiger partial charge on any atom is 0.331 e. The third-order valence-electron chi connectivity index (χ3n) is 19.8. The number of rotatable bonds is 33. The van der Waals surface area contributed by atoms with Crippen LogP contribution in [0.1, 0.15) is 262 Å². The fraction of sp³-hybridized carbons (Fsp3) is 0.681. The second-order valence-electron chi connectivity index (χ2n) is 26.0. The first-order chi connectivity index (χ1) is 43.3. The standard InChI is InChI=1S/C72H102N4O12S/c1-9-11-13-15-17-19-21-23-25-27-29-31-33-35-58(78)87-57-41-50-37-38-74-72(52(50)42-56(57)81-7)45-89-70-62-61(68-67(84-46-85-68)48(4)66(62)86-49(5)77)55(44-83-71(72)80)76-54(43-73)53-40-51-39-47(3)65(82-8)69(60(51)63(64(70)76)75(53)6)88-59(79)36-34-32-30-28-26-24-22-20-18-16-14-12-10-2/h39,41-42,53-55,63-64,70,74H,9-38,40,44-46H2,1-8H3/t53-,54-,55-,63?,64?,70+,72+/m0/s1. The zero-order valence-corrected chi connectivity index (χ0v) is 55.7. The predicted molar refractivity (Wildman–Crippen MR) is 347 cm³/mol. The molecule has 488 valence electrons. The molecule has 17 heteroatoms. The summed E-state index contributed by atoms with van der Waals surface area (Å²) in [6, 6.07) is 5.44. The van der Waals surface area contributed by atoms with Gasteiger partial charge in [-0.1, -0.05) is 174 Å². The van der Waals surface area contributed by atoms with Gasteiger partial charge in [-0.2, -0.15) is 5.26 Å². The Morgan fingerprint density at radius 2 is 1.25 bits per heavy atom. The number of carbonyl (C=O) groups is 4. The minimum Gasteiger partial charge on any atom is -0.493 e. The Kier molecular flexibility index (Phi) is 24.9.